The van der Waals surface area contributed by atoms with Crippen LogP contribution in [-0.2, 0) is 7.05 Å². The maximum atomic E-state index is 12.2. The highest BCUT2D eigenvalue weighted by molar-refractivity contribution is 7.20. The molecule has 0 saturated carbocycles. The molecule has 3 aromatic rings. The summed E-state index contributed by atoms with van der Waals surface area (Å²) in [6, 6.07) is 5.41. The topological polar surface area (TPSA) is 59.8 Å². The van der Waals surface area contributed by atoms with Crippen molar-refractivity contribution in [2.24, 2.45) is 7.05 Å². The third-order valence-corrected chi connectivity index (χ3v) is 4.06. The van der Waals surface area contributed by atoms with Gasteiger partial charge in [-0.25, -0.2) is 0 Å². The summed E-state index contributed by atoms with van der Waals surface area (Å²) in [7, 11) is 1.89. The lowest BCUT2D eigenvalue weighted by Gasteiger charge is -2.01. The minimum atomic E-state index is -0.105. The van der Waals surface area contributed by atoms with Gasteiger partial charge in [-0.3, -0.25) is 14.5 Å². The molecule has 19 heavy (non-hydrogen) atoms. The van der Waals surface area contributed by atoms with Crippen LogP contribution in [-0.4, -0.2) is 20.7 Å². The number of carbonyl (C=O) groups is 1. The van der Waals surface area contributed by atoms with Gasteiger partial charge in [0.15, 0.2) is 0 Å². The highest BCUT2D eigenvalue weighted by Gasteiger charge is 2.14. The van der Waals surface area contributed by atoms with Crippen LogP contribution in [0.4, 0.5) is 5.69 Å². The first-order valence-electron chi connectivity index (χ1n) is 5.79. The number of carbonyl (C=O) groups excluding carboxylic acids is 1. The van der Waals surface area contributed by atoms with E-state index in [9.17, 15) is 4.79 Å². The van der Waals surface area contributed by atoms with Crippen LogP contribution in [0.3, 0.4) is 0 Å². The van der Waals surface area contributed by atoms with Crippen LogP contribution in [0, 0.1) is 6.92 Å². The van der Waals surface area contributed by atoms with Crippen LogP contribution in [0.1, 0.15) is 15.4 Å². The third-order valence-electron chi connectivity index (χ3n) is 2.86. The standard InChI is InChI=1S/C13H12N4OS/c1-8-10-7-11(19-13(10)17(2)16-8)12(18)15-9-3-5-14-6-4-9/h3-7H,1-2H3,(H,14,15,18). The van der Waals surface area contributed by atoms with Crippen LogP contribution in [0.15, 0.2) is 30.6 Å². The predicted octanol–water partition coefficient (Wildman–Crippen LogP) is 2.59. The zero-order chi connectivity index (χ0) is 13.4. The molecular weight excluding hydrogens is 260 g/mol. The lowest BCUT2D eigenvalue weighted by molar-refractivity contribution is 0.103. The molecule has 5 nitrogen and oxygen atoms in total. The number of nitrogens with zero attached hydrogens (tertiary/aromatic N) is 3. The smallest absolute Gasteiger partial charge is 0.265 e. The number of nitrogens with one attached hydrogen (secondary N) is 1. The van der Waals surface area contributed by atoms with Crippen molar-refractivity contribution in [3.63, 3.8) is 0 Å². The van der Waals surface area contributed by atoms with Crippen molar-refractivity contribution in [1.82, 2.24) is 14.8 Å². The van der Waals surface area contributed by atoms with Crippen molar-refractivity contribution < 1.29 is 4.79 Å². The molecule has 1 amide bonds. The molecule has 6 heteroatoms. The number of aryl methyl sites for hydroxylation is 2. The van der Waals surface area contributed by atoms with Gasteiger partial charge in [0.1, 0.15) is 4.83 Å². The van der Waals surface area contributed by atoms with Gasteiger partial charge in [-0.1, -0.05) is 0 Å². The van der Waals surface area contributed by atoms with Crippen molar-refractivity contribution in [1.29, 1.82) is 0 Å². The first-order chi connectivity index (χ1) is 9.15. The minimum absolute atomic E-state index is 0.105. The number of aromatic nitrogens is 3. The van der Waals surface area contributed by atoms with Gasteiger partial charge in [-0.2, -0.15) is 5.10 Å². The van der Waals surface area contributed by atoms with Crippen molar-refractivity contribution in [3.8, 4) is 0 Å². The number of thiophene rings is 1. The first kappa shape index (κ1) is 11.9. The Bertz CT molecular complexity index is 710. The van der Waals surface area contributed by atoms with Crippen molar-refractivity contribution >= 4 is 33.1 Å². The molecular formula is C13H12N4OS. The average Bonchev–Trinajstić information content (AvgIpc) is 2.94. The van der Waals surface area contributed by atoms with Gasteiger partial charge in [0.05, 0.1) is 10.6 Å². The third kappa shape index (κ3) is 2.10. The molecule has 0 aliphatic rings. The maximum absolute atomic E-state index is 12.2. The summed E-state index contributed by atoms with van der Waals surface area (Å²) in [6.45, 7) is 1.94. The minimum Gasteiger partial charge on any atom is -0.321 e. The molecule has 3 heterocycles. The summed E-state index contributed by atoms with van der Waals surface area (Å²) < 4.78 is 1.80. The number of hydrogen-bond acceptors (Lipinski definition) is 4. The molecule has 0 aliphatic heterocycles. The van der Waals surface area contributed by atoms with Gasteiger partial charge in [0.25, 0.3) is 5.91 Å². The highest BCUT2D eigenvalue weighted by atomic mass is 32.1. The van der Waals surface area contributed by atoms with Crippen LogP contribution >= 0.6 is 11.3 Å². The monoisotopic (exact) mass is 272 g/mol. The fourth-order valence-corrected chi connectivity index (χ4v) is 2.96. The van der Waals surface area contributed by atoms with E-state index in [2.05, 4.69) is 15.4 Å². The first-order valence-corrected chi connectivity index (χ1v) is 6.61. The number of hydrogen-bond donors (Lipinski definition) is 1. The molecule has 0 atom stereocenters. The Kier molecular flexibility index (Phi) is 2.79. The molecule has 0 radical (unpaired) electrons. The second-order valence-corrected chi connectivity index (χ2v) is 5.26. The molecule has 0 spiro atoms. The molecule has 0 aromatic carbocycles. The Morgan fingerprint density at radius 1 is 1.37 bits per heavy atom. The lowest BCUT2D eigenvalue weighted by atomic mass is 10.3. The molecule has 1 N–H and O–H groups in total. The Morgan fingerprint density at radius 2 is 2.11 bits per heavy atom. The Balaban J connectivity index is 1.92. The number of pyridine rings is 1. The molecule has 0 bridgehead atoms. The Morgan fingerprint density at radius 3 is 2.79 bits per heavy atom. The van der Waals surface area contributed by atoms with Crippen LogP contribution in [0.5, 0.6) is 0 Å². The van der Waals surface area contributed by atoms with E-state index in [1.165, 1.54) is 11.3 Å². The van der Waals surface area contributed by atoms with Crippen molar-refractivity contribution in [3.05, 3.63) is 41.2 Å². The van der Waals surface area contributed by atoms with E-state index >= 15 is 0 Å². The SMILES string of the molecule is Cc1nn(C)c2sc(C(=O)Nc3ccncc3)cc12. The second-order valence-electron chi connectivity index (χ2n) is 4.23. The summed E-state index contributed by atoms with van der Waals surface area (Å²) in [5.41, 5.74) is 1.68. The predicted molar refractivity (Wildman–Crippen MR) is 75.5 cm³/mol. The zero-order valence-electron chi connectivity index (χ0n) is 10.5. The van der Waals surface area contributed by atoms with E-state index in [1.54, 1.807) is 29.2 Å². The summed E-state index contributed by atoms with van der Waals surface area (Å²) in [5, 5.41) is 8.21. The van der Waals surface area contributed by atoms with Gasteiger partial charge in [-0.05, 0) is 25.1 Å². The van der Waals surface area contributed by atoms with E-state index < -0.39 is 0 Å². The second kappa shape index (κ2) is 4.47. The summed E-state index contributed by atoms with van der Waals surface area (Å²) in [6.07, 6.45) is 3.29. The van der Waals surface area contributed by atoms with Crippen LogP contribution < -0.4 is 5.32 Å². The van der Waals surface area contributed by atoms with Crippen LogP contribution in [0.2, 0.25) is 0 Å². The summed E-state index contributed by atoms with van der Waals surface area (Å²) >= 11 is 1.44. The van der Waals surface area contributed by atoms with E-state index in [1.807, 2.05) is 20.0 Å². The normalized spacial score (nSPS) is 10.8. The van der Waals surface area contributed by atoms with Gasteiger partial charge in [-0.15, -0.1) is 11.3 Å². The molecule has 0 fully saturated rings. The van der Waals surface area contributed by atoms with E-state index in [4.69, 9.17) is 0 Å². The molecule has 3 aromatic heterocycles. The molecule has 0 saturated heterocycles. The largest absolute Gasteiger partial charge is 0.321 e. The Labute approximate surface area is 113 Å². The van der Waals surface area contributed by atoms with Crippen LogP contribution in [0.25, 0.3) is 10.2 Å². The van der Waals surface area contributed by atoms with Crippen molar-refractivity contribution in [2.45, 2.75) is 6.92 Å². The van der Waals surface area contributed by atoms with E-state index in [-0.39, 0.29) is 5.91 Å². The average molecular weight is 272 g/mol. The molecule has 96 valence electrons. The zero-order valence-corrected chi connectivity index (χ0v) is 11.4. The fraction of sp³-hybridized carbons (Fsp3) is 0.154. The molecule has 0 aliphatic carbocycles. The summed E-state index contributed by atoms with van der Waals surface area (Å²) in [5.74, 6) is -0.105. The number of rotatable bonds is 2. The van der Waals surface area contributed by atoms with Gasteiger partial charge in [0.2, 0.25) is 0 Å². The van der Waals surface area contributed by atoms with E-state index in [0.717, 1.165) is 21.6 Å². The molecule has 3 rings (SSSR count). The summed E-state index contributed by atoms with van der Waals surface area (Å²) in [4.78, 5) is 17.8. The number of fused-ring (bicyclic) bond motifs is 1. The highest BCUT2D eigenvalue weighted by Crippen LogP contribution is 2.28. The van der Waals surface area contributed by atoms with Crippen molar-refractivity contribution in [2.75, 3.05) is 5.32 Å². The van der Waals surface area contributed by atoms with Gasteiger partial charge >= 0.3 is 0 Å². The quantitative estimate of drug-likeness (QED) is 0.780. The van der Waals surface area contributed by atoms with Gasteiger partial charge in [0, 0.05) is 30.5 Å². The van der Waals surface area contributed by atoms with E-state index in [0.29, 0.717) is 4.88 Å². The fourth-order valence-electron chi connectivity index (χ4n) is 1.95. The Hall–Kier alpha value is -2.21. The lowest BCUT2D eigenvalue weighted by Crippen LogP contribution is -2.09. The van der Waals surface area contributed by atoms with Gasteiger partial charge < -0.3 is 5.32 Å². The number of amides is 1. The maximum Gasteiger partial charge on any atom is 0.265 e. The molecule has 0 unspecified atom stereocenters. The number of anilines is 1.